The number of nitrogens with one attached hydrogen (secondary N) is 1. The molecule has 1 saturated heterocycles. The first-order chi connectivity index (χ1) is 8.66. The molecular formula is C13H18N2O3. The number of nitrogens with zero attached hydrogens (tertiary/aromatic N) is 1. The van der Waals surface area contributed by atoms with Crippen LogP contribution in [0.1, 0.15) is 25.5 Å². The average molecular weight is 250 g/mol. The largest absolute Gasteiger partial charge is 0.467 e. The summed E-state index contributed by atoms with van der Waals surface area (Å²) in [6.45, 7) is 3.24. The van der Waals surface area contributed by atoms with Gasteiger partial charge < -0.3 is 14.6 Å². The molecule has 2 rings (SSSR count). The fraction of sp³-hybridized carbons (Fsp3) is 0.538. The van der Waals surface area contributed by atoms with Crippen molar-refractivity contribution in [3.63, 3.8) is 0 Å². The predicted molar refractivity (Wildman–Crippen MR) is 65.5 cm³/mol. The Morgan fingerprint density at radius 3 is 3.06 bits per heavy atom. The fourth-order valence-corrected chi connectivity index (χ4v) is 2.21. The highest BCUT2D eigenvalue weighted by Crippen LogP contribution is 2.16. The summed E-state index contributed by atoms with van der Waals surface area (Å²) < 4.78 is 5.15. The number of likely N-dealkylation sites (tertiary alicyclic amines) is 1. The second-order valence-corrected chi connectivity index (χ2v) is 4.60. The second-order valence-electron chi connectivity index (χ2n) is 4.60. The molecule has 1 fully saturated rings. The van der Waals surface area contributed by atoms with Crippen LogP contribution < -0.4 is 5.32 Å². The molecule has 18 heavy (non-hydrogen) atoms. The van der Waals surface area contributed by atoms with Gasteiger partial charge in [-0.25, -0.2) is 0 Å². The van der Waals surface area contributed by atoms with Crippen LogP contribution in [0.4, 0.5) is 0 Å². The van der Waals surface area contributed by atoms with E-state index in [1.165, 1.54) is 0 Å². The van der Waals surface area contributed by atoms with Gasteiger partial charge in [-0.15, -0.1) is 0 Å². The standard InChI is InChI=1S/C13H18N2O3/c1-10(16)15-6-2-4-11(9-15)13(17)14-8-12-5-3-7-18-12/h3,5,7,11H,2,4,6,8-9H2,1H3,(H,14,17). The van der Waals surface area contributed by atoms with Gasteiger partial charge in [-0.1, -0.05) is 0 Å². The van der Waals surface area contributed by atoms with Crippen molar-refractivity contribution in [2.24, 2.45) is 5.92 Å². The highest BCUT2D eigenvalue weighted by Gasteiger charge is 2.26. The highest BCUT2D eigenvalue weighted by molar-refractivity contribution is 5.80. The minimum absolute atomic E-state index is 0.00245. The number of rotatable bonds is 3. The number of carbonyl (C=O) groups is 2. The lowest BCUT2D eigenvalue weighted by atomic mass is 9.97. The van der Waals surface area contributed by atoms with E-state index in [0.29, 0.717) is 13.1 Å². The predicted octanol–water partition coefficient (Wildman–Crippen LogP) is 1.15. The fourth-order valence-electron chi connectivity index (χ4n) is 2.21. The maximum atomic E-state index is 12.0. The topological polar surface area (TPSA) is 62.6 Å². The Kier molecular flexibility index (Phi) is 4.02. The average Bonchev–Trinajstić information content (AvgIpc) is 2.89. The van der Waals surface area contributed by atoms with Gasteiger partial charge in [0.15, 0.2) is 0 Å². The van der Waals surface area contributed by atoms with E-state index in [2.05, 4.69) is 5.32 Å². The van der Waals surface area contributed by atoms with Gasteiger partial charge in [0.05, 0.1) is 18.7 Å². The van der Waals surface area contributed by atoms with Gasteiger partial charge in [-0.3, -0.25) is 9.59 Å². The van der Waals surface area contributed by atoms with E-state index in [-0.39, 0.29) is 17.7 Å². The summed E-state index contributed by atoms with van der Waals surface area (Å²) in [4.78, 5) is 25.0. The lowest BCUT2D eigenvalue weighted by Crippen LogP contribution is -2.44. The Labute approximate surface area is 106 Å². The molecule has 5 heteroatoms. The van der Waals surface area contributed by atoms with Gasteiger partial charge in [0.1, 0.15) is 5.76 Å². The monoisotopic (exact) mass is 250 g/mol. The van der Waals surface area contributed by atoms with E-state index >= 15 is 0 Å². The minimum atomic E-state index is -0.0994. The van der Waals surface area contributed by atoms with E-state index in [4.69, 9.17) is 4.42 Å². The first kappa shape index (κ1) is 12.7. The van der Waals surface area contributed by atoms with E-state index in [9.17, 15) is 9.59 Å². The summed E-state index contributed by atoms with van der Waals surface area (Å²) in [7, 11) is 0. The van der Waals surface area contributed by atoms with Gasteiger partial charge >= 0.3 is 0 Å². The summed E-state index contributed by atoms with van der Waals surface area (Å²) >= 11 is 0. The molecule has 0 aliphatic carbocycles. The van der Waals surface area contributed by atoms with Crippen LogP contribution in [-0.2, 0) is 16.1 Å². The van der Waals surface area contributed by atoms with Gasteiger partial charge in [0.25, 0.3) is 0 Å². The quantitative estimate of drug-likeness (QED) is 0.875. The van der Waals surface area contributed by atoms with Crippen molar-refractivity contribution in [1.29, 1.82) is 0 Å². The third-order valence-corrected chi connectivity index (χ3v) is 3.25. The smallest absolute Gasteiger partial charge is 0.225 e. The highest BCUT2D eigenvalue weighted by atomic mass is 16.3. The maximum Gasteiger partial charge on any atom is 0.225 e. The molecule has 0 bridgehead atoms. The van der Waals surface area contributed by atoms with Crippen LogP contribution in [0.2, 0.25) is 0 Å². The van der Waals surface area contributed by atoms with Crippen molar-refractivity contribution in [2.45, 2.75) is 26.3 Å². The van der Waals surface area contributed by atoms with Gasteiger partial charge in [0, 0.05) is 20.0 Å². The van der Waals surface area contributed by atoms with Crippen LogP contribution in [0.15, 0.2) is 22.8 Å². The molecule has 1 unspecified atom stereocenters. The van der Waals surface area contributed by atoms with E-state index < -0.39 is 0 Å². The molecule has 0 aromatic carbocycles. The van der Waals surface area contributed by atoms with E-state index in [1.807, 2.05) is 6.07 Å². The molecule has 1 aliphatic rings. The Morgan fingerprint density at radius 1 is 1.56 bits per heavy atom. The summed E-state index contributed by atoms with van der Waals surface area (Å²) in [5.41, 5.74) is 0. The molecule has 1 atom stereocenters. The third kappa shape index (κ3) is 3.12. The summed E-state index contributed by atoms with van der Waals surface area (Å²) in [5.74, 6) is 0.677. The minimum Gasteiger partial charge on any atom is -0.467 e. The third-order valence-electron chi connectivity index (χ3n) is 3.25. The molecule has 1 aliphatic heterocycles. The molecule has 2 heterocycles. The molecule has 0 spiro atoms. The number of hydrogen-bond acceptors (Lipinski definition) is 3. The van der Waals surface area contributed by atoms with Gasteiger partial charge in [-0.2, -0.15) is 0 Å². The molecule has 0 radical (unpaired) electrons. The van der Waals surface area contributed by atoms with Crippen molar-refractivity contribution < 1.29 is 14.0 Å². The van der Waals surface area contributed by atoms with Crippen molar-refractivity contribution in [3.05, 3.63) is 24.2 Å². The van der Waals surface area contributed by atoms with Crippen LogP contribution in [-0.4, -0.2) is 29.8 Å². The summed E-state index contributed by atoms with van der Waals surface area (Å²) in [5, 5.41) is 2.84. The molecule has 1 aromatic rings. The Morgan fingerprint density at radius 2 is 2.39 bits per heavy atom. The van der Waals surface area contributed by atoms with Crippen molar-refractivity contribution in [2.75, 3.05) is 13.1 Å². The van der Waals surface area contributed by atoms with Crippen LogP contribution in [0.3, 0.4) is 0 Å². The molecule has 0 saturated carbocycles. The molecule has 2 amide bonds. The van der Waals surface area contributed by atoms with Crippen LogP contribution in [0, 0.1) is 5.92 Å². The number of piperidine rings is 1. The van der Waals surface area contributed by atoms with E-state index in [1.54, 1.807) is 24.2 Å². The summed E-state index contributed by atoms with van der Waals surface area (Å²) in [6.07, 6.45) is 3.31. The zero-order chi connectivity index (χ0) is 13.0. The van der Waals surface area contributed by atoms with Crippen LogP contribution in [0.25, 0.3) is 0 Å². The molecule has 1 aromatic heterocycles. The first-order valence-corrected chi connectivity index (χ1v) is 6.22. The van der Waals surface area contributed by atoms with E-state index in [0.717, 1.165) is 25.1 Å². The number of hydrogen-bond donors (Lipinski definition) is 1. The lowest BCUT2D eigenvalue weighted by Gasteiger charge is -2.31. The van der Waals surface area contributed by atoms with Gasteiger partial charge in [0.2, 0.25) is 11.8 Å². The lowest BCUT2D eigenvalue weighted by molar-refractivity contribution is -0.134. The zero-order valence-electron chi connectivity index (χ0n) is 10.5. The maximum absolute atomic E-state index is 12.0. The molecular weight excluding hydrogens is 232 g/mol. The Bertz CT molecular complexity index is 414. The van der Waals surface area contributed by atoms with Crippen LogP contribution >= 0.6 is 0 Å². The Balaban J connectivity index is 1.83. The van der Waals surface area contributed by atoms with Crippen molar-refractivity contribution in [1.82, 2.24) is 10.2 Å². The first-order valence-electron chi connectivity index (χ1n) is 6.22. The summed E-state index contributed by atoms with van der Waals surface area (Å²) in [6, 6.07) is 3.61. The van der Waals surface area contributed by atoms with Gasteiger partial charge in [-0.05, 0) is 25.0 Å². The Hall–Kier alpha value is -1.78. The van der Waals surface area contributed by atoms with Crippen molar-refractivity contribution >= 4 is 11.8 Å². The SMILES string of the molecule is CC(=O)N1CCCC(C(=O)NCc2ccco2)C1. The molecule has 1 N–H and O–H groups in total. The normalized spacial score (nSPS) is 19.6. The second kappa shape index (κ2) is 5.71. The number of amides is 2. The molecule has 5 nitrogen and oxygen atoms in total. The zero-order valence-corrected chi connectivity index (χ0v) is 10.5. The van der Waals surface area contributed by atoms with Crippen LogP contribution in [0.5, 0.6) is 0 Å². The number of furan rings is 1. The van der Waals surface area contributed by atoms with Crippen molar-refractivity contribution in [3.8, 4) is 0 Å². The number of carbonyl (C=O) groups excluding carboxylic acids is 2. The molecule has 98 valence electrons.